The summed E-state index contributed by atoms with van der Waals surface area (Å²) in [6.07, 6.45) is -7.20. The van der Waals surface area contributed by atoms with Gasteiger partial charge in [0.25, 0.3) is 0 Å². The molecule has 0 fully saturated rings. The molecule has 1 aromatic carbocycles. The predicted octanol–water partition coefficient (Wildman–Crippen LogP) is 4.96. The zero-order chi connectivity index (χ0) is 19.6. The maximum Gasteiger partial charge on any atom is 0.434 e. The van der Waals surface area contributed by atoms with Crippen molar-refractivity contribution in [3.8, 4) is 11.1 Å². The molecule has 0 amide bonds. The van der Waals surface area contributed by atoms with Gasteiger partial charge in [0, 0.05) is 11.6 Å². The van der Waals surface area contributed by atoms with E-state index < -0.39 is 35.0 Å². The molecule has 3 heterocycles. The van der Waals surface area contributed by atoms with Crippen LogP contribution in [0.4, 0.5) is 26.3 Å². The number of rotatable bonds is 1. The molecule has 0 aliphatic rings. The van der Waals surface area contributed by atoms with E-state index in [-0.39, 0.29) is 10.6 Å². The van der Waals surface area contributed by atoms with Crippen molar-refractivity contribution in [1.29, 1.82) is 0 Å². The Bertz CT molecular complexity index is 1170. The first-order valence-electron chi connectivity index (χ1n) is 7.21. The first-order valence-corrected chi connectivity index (χ1v) is 7.58. The molecule has 4 rings (SSSR count). The molecule has 1 N–H and O–H groups in total. The van der Waals surface area contributed by atoms with Crippen molar-refractivity contribution in [2.75, 3.05) is 0 Å². The normalized spacial score (nSPS) is 13.0. The molecule has 5 nitrogen and oxygen atoms in total. The van der Waals surface area contributed by atoms with Crippen LogP contribution in [-0.4, -0.2) is 24.6 Å². The number of H-pyrrole nitrogens is 1. The van der Waals surface area contributed by atoms with Gasteiger partial charge in [0.1, 0.15) is 12.0 Å². The van der Waals surface area contributed by atoms with Gasteiger partial charge in [-0.15, -0.1) is 0 Å². The Balaban J connectivity index is 2.10. The summed E-state index contributed by atoms with van der Waals surface area (Å²) in [5, 5.41) is 6.77. The second-order valence-corrected chi connectivity index (χ2v) is 6.02. The lowest BCUT2D eigenvalue weighted by atomic mass is 10.0. The van der Waals surface area contributed by atoms with Crippen molar-refractivity contribution < 1.29 is 26.3 Å². The van der Waals surface area contributed by atoms with Gasteiger partial charge in [-0.3, -0.25) is 9.50 Å². The summed E-state index contributed by atoms with van der Waals surface area (Å²) in [7, 11) is 0. The standard InChI is InChI=1S/C15H6ClF6N5/c16-8-2-6(1-7-3-24-26-11(7)8)10-12(15(20,21)22)23-5-27-4-9(14(17,18)19)25-13(10)27/h1-5H,(H,24,26). The maximum absolute atomic E-state index is 13.5. The monoisotopic (exact) mass is 405 g/mol. The Morgan fingerprint density at radius 1 is 1.04 bits per heavy atom. The van der Waals surface area contributed by atoms with Gasteiger partial charge in [-0.05, 0) is 17.7 Å². The molecule has 0 atom stereocenters. The van der Waals surface area contributed by atoms with Crippen LogP contribution < -0.4 is 0 Å². The number of nitrogens with one attached hydrogen (secondary N) is 1. The molecule has 0 radical (unpaired) electrons. The third-order valence-electron chi connectivity index (χ3n) is 3.85. The molecule has 4 aromatic rings. The minimum Gasteiger partial charge on any atom is -0.289 e. The van der Waals surface area contributed by atoms with Crippen LogP contribution in [0.15, 0.2) is 30.9 Å². The van der Waals surface area contributed by atoms with E-state index in [9.17, 15) is 26.3 Å². The Labute approximate surface area is 150 Å². The van der Waals surface area contributed by atoms with E-state index in [0.717, 1.165) is 4.40 Å². The summed E-state index contributed by atoms with van der Waals surface area (Å²) in [5.74, 6) is 0. The van der Waals surface area contributed by atoms with Gasteiger partial charge in [0.15, 0.2) is 11.4 Å². The first-order chi connectivity index (χ1) is 12.6. The molecule has 12 heteroatoms. The largest absolute Gasteiger partial charge is 0.434 e. The number of aromatic amines is 1. The van der Waals surface area contributed by atoms with Gasteiger partial charge >= 0.3 is 12.4 Å². The highest BCUT2D eigenvalue weighted by atomic mass is 35.5. The van der Waals surface area contributed by atoms with E-state index in [1.807, 2.05) is 0 Å². The van der Waals surface area contributed by atoms with Crippen LogP contribution in [0.2, 0.25) is 5.02 Å². The van der Waals surface area contributed by atoms with Crippen molar-refractivity contribution in [2.45, 2.75) is 12.4 Å². The number of alkyl halides is 6. The summed E-state index contributed by atoms with van der Waals surface area (Å²) in [5.41, 5.74) is -3.55. The molecule has 140 valence electrons. The molecular formula is C15H6ClF6N5. The number of hydrogen-bond donors (Lipinski definition) is 1. The molecule has 0 bridgehead atoms. The fourth-order valence-corrected chi connectivity index (χ4v) is 3.00. The van der Waals surface area contributed by atoms with Crippen LogP contribution in [0, 0.1) is 0 Å². The van der Waals surface area contributed by atoms with Gasteiger partial charge < -0.3 is 0 Å². The molecule has 0 spiro atoms. The van der Waals surface area contributed by atoms with Crippen LogP contribution in [0.25, 0.3) is 27.7 Å². The number of halogens is 7. The number of fused-ring (bicyclic) bond motifs is 2. The Morgan fingerprint density at radius 2 is 1.78 bits per heavy atom. The Hall–Kier alpha value is -2.82. The van der Waals surface area contributed by atoms with E-state index in [4.69, 9.17) is 11.6 Å². The number of aromatic nitrogens is 5. The molecule has 0 saturated carbocycles. The highest BCUT2D eigenvalue weighted by Crippen LogP contribution is 2.40. The van der Waals surface area contributed by atoms with E-state index in [1.54, 1.807) is 0 Å². The number of hydrogen-bond acceptors (Lipinski definition) is 3. The fraction of sp³-hybridized carbons (Fsp3) is 0.133. The summed E-state index contributed by atoms with van der Waals surface area (Å²) in [4.78, 5) is 6.67. The van der Waals surface area contributed by atoms with E-state index in [0.29, 0.717) is 23.4 Å². The smallest absolute Gasteiger partial charge is 0.289 e. The van der Waals surface area contributed by atoms with Gasteiger partial charge in [0.05, 0.1) is 22.3 Å². The fourth-order valence-electron chi connectivity index (χ4n) is 2.73. The van der Waals surface area contributed by atoms with E-state index in [2.05, 4.69) is 20.2 Å². The molecule has 0 aliphatic heterocycles. The first kappa shape index (κ1) is 17.6. The van der Waals surface area contributed by atoms with Crippen molar-refractivity contribution in [3.63, 3.8) is 0 Å². The van der Waals surface area contributed by atoms with Crippen molar-refractivity contribution >= 4 is 28.2 Å². The number of nitrogens with zero attached hydrogens (tertiary/aromatic N) is 4. The van der Waals surface area contributed by atoms with E-state index in [1.165, 1.54) is 18.3 Å². The SMILES string of the molecule is FC(F)(F)c1cn2cnc(C(F)(F)F)c(-c3cc(Cl)c4[nH]ncc4c3)c2n1. The Morgan fingerprint density at radius 3 is 2.44 bits per heavy atom. The van der Waals surface area contributed by atoms with Crippen LogP contribution in [0.5, 0.6) is 0 Å². The van der Waals surface area contributed by atoms with E-state index >= 15 is 0 Å². The lowest BCUT2D eigenvalue weighted by Gasteiger charge is -2.13. The zero-order valence-corrected chi connectivity index (χ0v) is 13.6. The predicted molar refractivity (Wildman–Crippen MR) is 83.1 cm³/mol. The average molecular weight is 406 g/mol. The van der Waals surface area contributed by atoms with Crippen LogP contribution >= 0.6 is 11.6 Å². The molecule has 3 aromatic heterocycles. The second kappa shape index (κ2) is 5.59. The molecular weight excluding hydrogens is 400 g/mol. The highest BCUT2D eigenvalue weighted by Gasteiger charge is 2.39. The van der Waals surface area contributed by atoms with Crippen molar-refractivity contribution in [2.24, 2.45) is 0 Å². The van der Waals surface area contributed by atoms with Crippen molar-refractivity contribution in [1.82, 2.24) is 24.6 Å². The topological polar surface area (TPSA) is 58.9 Å². The molecule has 0 saturated heterocycles. The Kier molecular flexibility index (Phi) is 3.64. The lowest BCUT2D eigenvalue weighted by molar-refractivity contribution is -0.141. The summed E-state index contributed by atoms with van der Waals surface area (Å²) < 4.78 is 80.2. The minimum absolute atomic E-state index is 0.0535. The quantitative estimate of drug-likeness (QED) is 0.455. The van der Waals surface area contributed by atoms with Crippen LogP contribution in [0.1, 0.15) is 11.4 Å². The van der Waals surface area contributed by atoms with Crippen molar-refractivity contribution in [3.05, 3.63) is 47.3 Å². The minimum atomic E-state index is -4.92. The maximum atomic E-state index is 13.5. The third kappa shape index (κ3) is 2.87. The summed E-state index contributed by atoms with van der Waals surface area (Å²) >= 11 is 6.07. The molecule has 0 aliphatic carbocycles. The van der Waals surface area contributed by atoms with Gasteiger partial charge in [-0.25, -0.2) is 9.97 Å². The molecule has 0 unspecified atom stereocenters. The molecule has 27 heavy (non-hydrogen) atoms. The average Bonchev–Trinajstić information content (AvgIpc) is 3.18. The van der Waals surface area contributed by atoms with Crippen LogP contribution in [-0.2, 0) is 12.4 Å². The van der Waals surface area contributed by atoms with Gasteiger partial charge in [0.2, 0.25) is 0 Å². The van der Waals surface area contributed by atoms with Gasteiger partial charge in [-0.1, -0.05) is 11.6 Å². The second-order valence-electron chi connectivity index (χ2n) is 5.61. The zero-order valence-electron chi connectivity index (χ0n) is 12.8. The van der Waals surface area contributed by atoms with Crippen LogP contribution in [0.3, 0.4) is 0 Å². The third-order valence-corrected chi connectivity index (χ3v) is 4.15. The highest BCUT2D eigenvalue weighted by molar-refractivity contribution is 6.35. The van der Waals surface area contributed by atoms with Gasteiger partial charge in [-0.2, -0.15) is 31.4 Å². The number of imidazole rings is 1. The number of benzene rings is 1. The summed E-state index contributed by atoms with van der Waals surface area (Å²) in [6, 6.07) is 2.51. The lowest BCUT2D eigenvalue weighted by Crippen LogP contribution is -2.12. The summed E-state index contributed by atoms with van der Waals surface area (Å²) in [6.45, 7) is 0.